The van der Waals surface area contributed by atoms with Crippen LogP contribution in [0.15, 0.2) is 30.7 Å². The van der Waals surface area contributed by atoms with Crippen molar-refractivity contribution in [3.8, 4) is 5.69 Å². The van der Waals surface area contributed by atoms with Crippen LogP contribution in [0.5, 0.6) is 0 Å². The molecule has 0 radical (unpaired) electrons. The number of rotatable bonds is 6. The molecular weight excluding hydrogens is 539 g/mol. The second kappa shape index (κ2) is 8.62. The van der Waals surface area contributed by atoms with E-state index >= 15 is 0 Å². The van der Waals surface area contributed by atoms with Gasteiger partial charge in [0, 0.05) is 26.1 Å². The van der Waals surface area contributed by atoms with Crippen LogP contribution in [-0.4, -0.2) is 81.9 Å². The Morgan fingerprint density at radius 3 is 2.85 bits per heavy atom. The number of imidazole rings is 1. The van der Waals surface area contributed by atoms with Gasteiger partial charge in [-0.05, 0) is 30.2 Å². The van der Waals surface area contributed by atoms with Gasteiger partial charge in [-0.1, -0.05) is 5.21 Å². The van der Waals surface area contributed by atoms with Crippen LogP contribution in [0.3, 0.4) is 0 Å². The summed E-state index contributed by atoms with van der Waals surface area (Å²) in [5.41, 5.74) is -1.01. The third-order valence-corrected chi connectivity index (χ3v) is 7.72. The van der Waals surface area contributed by atoms with E-state index in [-0.39, 0.29) is 40.1 Å². The molecule has 2 aliphatic carbocycles. The molecule has 2 fully saturated rings. The largest absolute Gasteiger partial charge is 0.389 e. The van der Waals surface area contributed by atoms with Gasteiger partial charge < -0.3 is 25.0 Å². The van der Waals surface area contributed by atoms with Crippen LogP contribution < -0.4 is 10.2 Å². The van der Waals surface area contributed by atoms with Gasteiger partial charge in [0.1, 0.15) is 6.10 Å². The normalized spacial score (nSPS) is 25.5. The van der Waals surface area contributed by atoms with Gasteiger partial charge in [-0.15, -0.1) is 5.10 Å². The van der Waals surface area contributed by atoms with Crippen LogP contribution in [0.1, 0.15) is 12.5 Å². The zero-order chi connectivity index (χ0) is 27.8. The maximum absolute atomic E-state index is 13.8. The SMILES string of the molecule is CNC(=O)[C@@]12C[C@@H]1[C@@H](n1cnc3c(N(C)c4cn(-c5ccc(F)c([N+](=O)[O-])c5)nn4)nc(Cl)nc31)[C@H](O)[C@@H]2O. The van der Waals surface area contributed by atoms with Crippen molar-refractivity contribution in [1.82, 2.24) is 39.8 Å². The fourth-order valence-electron chi connectivity index (χ4n) is 5.54. The van der Waals surface area contributed by atoms with Gasteiger partial charge >= 0.3 is 5.69 Å². The number of nitro benzene ring substituents is 1. The maximum atomic E-state index is 13.8. The van der Waals surface area contributed by atoms with Gasteiger partial charge in [-0.25, -0.2) is 9.67 Å². The first kappa shape index (κ1) is 25.0. The third kappa shape index (κ3) is 3.55. The first-order chi connectivity index (χ1) is 18.6. The summed E-state index contributed by atoms with van der Waals surface area (Å²) in [6.45, 7) is 0. The molecule has 1 aromatic carbocycles. The molecule has 0 bridgehead atoms. The number of nitrogens with one attached hydrogen (secondary N) is 1. The van der Waals surface area contributed by atoms with Crippen LogP contribution >= 0.6 is 11.6 Å². The van der Waals surface area contributed by atoms with Crippen LogP contribution in [-0.2, 0) is 4.79 Å². The number of halogens is 2. The maximum Gasteiger partial charge on any atom is 0.306 e. The highest BCUT2D eigenvalue weighted by molar-refractivity contribution is 6.28. The minimum atomic E-state index is -1.26. The Kier molecular flexibility index (Phi) is 5.53. The van der Waals surface area contributed by atoms with Gasteiger partial charge in [0.25, 0.3) is 0 Å². The van der Waals surface area contributed by atoms with Gasteiger partial charge in [0.15, 0.2) is 22.8 Å². The molecule has 0 saturated heterocycles. The van der Waals surface area contributed by atoms with E-state index in [2.05, 4.69) is 30.6 Å². The van der Waals surface area contributed by atoms with E-state index in [1.807, 2.05) is 0 Å². The first-order valence-corrected chi connectivity index (χ1v) is 12.0. The lowest BCUT2D eigenvalue weighted by molar-refractivity contribution is -0.387. The highest BCUT2D eigenvalue weighted by Gasteiger charge is 2.75. The minimum absolute atomic E-state index is 0.131. The highest BCUT2D eigenvalue weighted by Crippen LogP contribution is 2.67. The summed E-state index contributed by atoms with van der Waals surface area (Å²) in [5, 5.41) is 43.2. The monoisotopic (exact) mass is 558 g/mol. The van der Waals surface area contributed by atoms with Crippen molar-refractivity contribution in [2.45, 2.75) is 24.7 Å². The molecule has 0 unspecified atom stereocenters. The number of nitro groups is 1. The molecular formula is C22H20ClFN10O5. The molecule has 39 heavy (non-hydrogen) atoms. The Hall–Kier alpha value is -4.28. The Morgan fingerprint density at radius 1 is 1.36 bits per heavy atom. The first-order valence-electron chi connectivity index (χ1n) is 11.7. The zero-order valence-electron chi connectivity index (χ0n) is 20.3. The fourth-order valence-corrected chi connectivity index (χ4v) is 5.70. The number of fused-ring (bicyclic) bond motifs is 2. The number of nitrogens with zero attached hydrogens (tertiary/aromatic N) is 9. The number of hydrogen-bond donors (Lipinski definition) is 3. The van der Waals surface area contributed by atoms with Crippen molar-refractivity contribution < 1.29 is 24.3 Å². The minimum Gasteiger partial charge on any atom is -0.389 e. The number of aliphatic hydroxyl groups is 2. The number of aliphatic hydroxyl groups excluding tert-OH is 2. The Morgan fingerprint density at radius 2 is 2.13 bits per heavy atom. The summed E-state index contributed by atoms with van der Waals surface area (Å²) in [6.07, 6.45) is 0.787. The van der Waals surface area contributed by atoms with Crippen molar-refractivity contribution in [2.24, 2.45) is 11.3 Å². The number of hydrogen-bond acceptors (Lipinski definition) is 11. The molecule has 0 spiro atoms. The number of amides is 1. The number of carbonyl (C=O) groups excluding carboxylic acids is 1. The molecule has 0 aliphatic heterocycles. The lowest BCUT2D eigenvalue weighted by Gasteiger charge is -2.23. The van der Waals surface area contributed by atoms with Crippen molar-refractivity contribution in [3.05, 3.63) is 51.9 Å². The topological polar surface area (TPSA) is 190 Å². The fraction of sp³-hybridized carbons (Fsp3) is 0.364. The summed E-state index contributed by atoms with van der Waals surface area (Å²) in [7, 11) is 3.10. The van der Waals surface area contributed by atoms with Crippen molar-refractivity contribution >= 4 is 46.0 Å². The zero-order valence-corrected chi connectivity index (χ0v) is 21.1. The summed E-state index contributed by atoms with van der Waals surface area (Å²) >= 11 is 6.26. The number of anilines is 2. The van der Waals surface area contributed by atoms with Crippen molar-refractivity contribution in [3.63, 3.8) is 0 Å². The molecule has 3 aromatic heterocycles. The molecule has 17 heteroatoms. The second-order valence-corrected chi connectivity index (χ2v) is 9.81. The second-order valence-electron chi connectivity index (χ2n) is 9.47. The molecule has 3 N–H and O–H groups in total. The van der Waals surface area contributed by atoms with Gasteiger partial charge in [0.05, 0.1) is 40.7 Å². The van der Waals surface area contributed by atoms with E-state index in [4.69, 9.17) is 11.6 Å². The summed E-state index contributed by atoms with van der Waals surface area (Å²) in [4.78, 5) is 37.3. The summed E-state index contributed by atoms with van der Waals surface area (Å²) < 4.78 is 16.6. The molecule has 202 valence electrons. The van der Waals surface area contributed by atoms with Crippen LogP contribution in [0.2, 0.25) is 5.28 Å². The average molecular weight is 559 g/mol. The Bertz CT molecular complexity index is 1660. The van der Waals surface area contributed by atoms with E-state index in [9.17, 15) is 29.5 Å². The van der Waals surface area contributed by atoms with E-state index < -0.39 is 40.1 Å². The molecule has 4 aromatic rings. The molecule has 6 rings (SSSR count). The lowest BCUT2D eigenvalue weighted by atomic mass is 9.98. The standard InChI is InChI=1S/C22H20ClFN10O5/c1-25-20(37)22-6-10(22)15(16(35)17(22)36)32-8-26-14-18(27-21(23)28-19(14)32)31(2)13-7-33(30-29-13)9-3-4-11(24)12(5-9)34(38)39/h3-5,7-8,10,15-17,35-36H,6H2,1-2H3,(H,25,37)/t10-,15-,16+,17+,22+/m1/s1. The quantitative estimate of drug-likeness (QED) is 0.173. The molecule has 1 amide bonds. The molecule has 15 nitrogen and oxygen atoms in total. The smallest absolute Gasteiger partial charge is 0.306 e. The van der Waals surface area contributed by atoms with Crippen LogP contribution in [0.4, 0.5) is 21.7 Å². The van der Waals surface area contributed by atoms with Crippen LogP contribution in [0.25, 0.3) is 16.9 Å². The highest BCUT2D eigenvalue weighted by atomic mass is 35.5. The molecule has 2 aliphatic rings. The summed E-state index contributed by atoms with van der Waals surface area (Å²) in [6, 6.07) is 2.64. The summed E-state index contributed by atoms with van der Waals surface area (Å²) in [5.74, 6) is -1.16. The van der Waals surface area contributed by atoms with Crippen LogP contribution in [0, 0.1) is 27.3 Å². The van der Waals surface area contributed by atoms with E-state index in [0.29, 0.717) is 11.9 Å². The third-order valence-electron chi connectivity index (χ3n) is 7.55. The van der Waals surface area contributed by atoms with Gasteiger partial charge in [-0.3, -0.25) is 14.9 Å². The number of aromatic nitrogens is 7. The average Bonchev–Trinajstić information content (AvgIpc) is 3.17. The van der Waals surface area contributed by atoms with E-state index in [0.717, 1.165) is 12.1 Å². The number of benzene rings is 1. The van der Waals surface area contributed by atoms with Crippen molar-refractivity contribution in [1.29, 1.82) is 0 Å². The van der Waals surface area contributed by atoms with Crippen molar-refractivity contribution in [2.75, 3.05) is 19.0 Å². The molecule has 2 saturated carbocycles. The Labute approximate surface area is 223 Å². The predicted molar refractivity (Wildman–Crippen MR) is 132 cm³/mol. The molecule has 3 heterocycles. The molecule has 5 atom stereocenters. The van der Waals surface area contributed by atoms with E-state index in [1.54, 1.807) is 11.6 Å². The van der Waals surface area contributed by atoms with E-state index in [1.165, 1.54) is 35.2 Å². The number of carbonyl (C=O) groups is 1. The van der Waals surface area contributed by atoms with Gasteiger partial charge in [-0.2, -0.15) is 14.4 Å². The predicted octanol–water partition coefficient (Wildman–Crippen LogP) is 0.904. The Balaban J connectivity index is 1.36. The van der Waals surface area contributed by atoms with Gasteiger partial charge in [0.2, 0.25) is 17.0 Å². The lowest BCUT2D eigenvalue weighted by Crippen LogP contribution is -2.41.